The number of halogens is 1. The van der Waals surface area contributed by atoms with E-state index in [1.54, 1.807) is 23.5 Å². The van der Waals surface area contributed by atoms with Gasteiger partial charge in [0.15, 0.2) is 0 Å². The molecule has 2 aromatic rings. The fraction of sp³-hybridized carbons (Fsp3) is 0.400. The Morgan fingerprint density at radius 2 is 2.21 bits per heavy atom. The lowest BCUT2D eigenvalue weighted by Gasteiger charge is -2.15. The molecule has 1 aromatic carbocycles. The maximum Gasteiger partial charge on any atom is 0.123 e. The summed E-state index contributed by atoms with van der Waals surface area (Å²) in [5, 5.41) is 6.45. The van der Waals surface area contributed by atoms with Crippen LogP contribution in [0.3, 0.4) is 0 Å². The molecule has 0 spiro atoms. The SMILES string of the molecule is CNCC(Cc1cccc(F)c1)Cc1nc(C)cs1. The summed E-state index contributed by atoms with van der Waals surface area (Å²) in [4.78, 5) is 4.51. The Bertz CT molecular complexity index is 524. The van der Waals surface area contributed by atoms with Crippen LogP contribution in [0.15, 0.2) is 29.6 Å². The Morgan fingerprint density at radius 3 is 2.84 bits per heavy atom. The summed E-state index contributed by atoms with van der Waals surface area (Å²) < 4.78 is 13.2. The Balaban J connectivity index is 2.03. The zero-order valence-corrected chi connectivity index (χ0v) is 12.1. The number of rotatable bonds is 6. The molecule has 0 aliphatic carbocycles. The molecule has 0 aliphatic rings. The summed E-state index contributed by atoms with van der Waals surface area (Å²) in [7, 11) is 1.95. The first kappa shape index (κ1) is 14.2. The van der Waals surface area contributed by atoms with Gasteiger partial charge in [-0.05, 0) is 50.6 Å². The molecule has 1 atom stereocenters. The van der Waals surface area contributed by atoms with E-state index >= 15 is 0 Å². The topological polar surface area (TPSA) is 24.9 Å². The monoisotopic (exact) mass is 278 g/mol. The van der Waals surface area contributed by atoms with E-state index in [-0.39, 0.29) is 5.82 Å². The molecular formula is C15H19FN2S. The molecule has 2 nitrogen and oxygen atoms in total. The first-order valence-electron chi connectivity index (χ1n) is 6.47. The average Bonchev–Trinajstić information content (AvgIpc) is 2.75. The van der Waals surface area contributed by atoms with Crippen molar-refractivity contribution in [2.75, 3.05) is 13.6 Å². The van der Waals surface area contributed by atoms with E-state index < -0.39 is 0 Å². The van der Waals surface area contributed by atoms with Gasteiger partial charge >= 0.3 is 0 Å². The molecule has 0 fully saturated rings. The Labute approximate surface area is 117 Å². The van der Waals surface area contributed by atoms with Crippen LogP contribution in [-0.2, 0) is 12.8 Å². The Hall–Kier alpha value is -1.26. The zero-order valence-electron chi connectivity index (χ0n) is 11.3. The van der Waals surface area contributed by atoms with Crippen molar-refractivity contribution in [3.8, 4) is 0 Å². The third-order valence-corrected chi connectivity index (χ3v) is 4.03. The summed E-state index contributed by atoms with van der Waals surface area (Å²) in [6.07, 6.45) is 1.81. The number of hydrogen-bond donors (Lipinski definition) is 1. The van der Waals surface area contributed by atoms with Crippen LogP contribution in [0.25, 0.3) is 0 Å². The quantitative estimate of drug-likeness (QED) is 0.877. The first-order chi connectivity index (χ1) is 9.17. The van der Waals surface area contributed by atoms with E-state index in [2.05, 4.69) is 15.7 Å². The van der Waals surface area contributed by atoms with Gasteiger partial charge in [-0.2, -0.15) is 0 Å². The van der Waals surface area contributed by atoms with Gasteiger partial charge in [-0.15, -0.1) is 11.3 Å². The van der Waals surface area contributed by atoms with Crippen LogP contribution in [-0.4, -0.2) is 18.6 Å². The second kappa shape index (κ2) is 6.78. The van der Waals surface area contributed by atoms with Gasteiger partial charge in [-0.3, -0.25) is 0 Å². The second-order valence-corrected chi connectivity index (χ2v) is 5.79. The van der Waals surface area contributed by atoms with Crippen LogP contribution in [0.4, 0.5) is 4.39 Å². The van der Waals surface area contributed by atoms with Crippen LogP contribution in [0.5, 0.6) is 0 Å². The maximum atomic E-state index is 13.2. The molecule has 0 saturated heterocycles. The summed E-state index contributed by atoms with van der Waals surface area (Å²) in [5.74, 6) is 0.281. The smallest absolute Gasteiger partial charge is 0.123 e. The van der Waals surface area contributed by atoms with Gasteiger partial charge in [0.05, 0.1) is 5.01 Å². The molecule has 4 heteroatoms. The molecule has 0 bridgehead atoms. The second-order valence-electron chi connectivity index (χ2n) is 4.84. The van der Waals surface area contributed by atoms with Crippen LogP contribution in [0, 0.1) is 18.7 Å². The van der Waals surface area contributed by atoms with Gasteiger partial charge in [-0.25, -0.2) is 9.37 Å². The van der Waals surface area contributed by atoms with Crippen molar-refractivity contribution >= 4 is 11.3 Å². The summed E-state index contributed by atoms with van der Waals surface area (Å²) in [6.45, 7) is 2.93. The van der Waals surface area contributed by atoms with Gasteiger partial charge in [0.1, 0.15) is 5.82 Å². The third kappa shape index (κ3) is 4.40. The number of thiazole rings is 1. The van der Waals surface area contributed by atoms with E-state index in [1.165, 1.54) is 6.07 Å². The molecule has 0 saturated carbocycles. The number of aryl methyl sites for hydroxylation is 1. The number of benzene rings is 1. The minimum Gasteiger partial charge on any atom is -0.319 e. The largest absolute Gasteiger partial charge is 0.319 e. The number of nitrogens with zero attached hydrogens (tertiary/aromatic N) is 1. The van der Waals surface area contributed by atoms with E-state index in [0.29, 0.717) is 5.92 Å². The normalized spacial score (nSPS) is 12.6. The van der Waals surface area contributed by atoms with E-state index in [9.17, 15) is 4.39 Å². The average molecular weight is 278 g/mol. The molecule has 1 unspecified atom stereocenters. The molecule has 1 N–H and O–H groups in total. The highest BCUT2D eigenvalue weighted by atomic mass is 32.1. The van der Waals surface area contributed by atoms with Crippen LogP contribution in [0.1, 0.15) is 16.3 Å². The molecule has 19 heavy (non-hydrogen) atoms. The molecule has 0 amide bonds. The van der Waals surface area contributed by atoms with Crippen LogP contribution >= 0.6 is 11.3 Å². The zero-order chi connectivity index (χ0) is 13.7. The number of aromatic nitrogens is 1. The Morgan fingerprint density at radius 1 is 1.37 bits per heavy atom. The number of hydrogen-bond acceptors (Lipinski definition) is 3. The van der Waals surface area contributed by atoms with Gasteiger partial charge in [0.2, 0.25) is 0 Å². The van der Waals surface area contributed by atoms with Gasteiger partial charge in [-0.1, -0.05) is 12.1 Å². The standard InChI is InChI=1S/C15H19FN2S/c1-11-10-19-15(18-11)8-13(9-17-2)6-12-4-3-5-14(16)7-12/h3-5,7,10,13,17H,6,8-9H2,1-2H3. The molecule has 0 aliphatic heterocycles. The molecule has 1 heterocycles. The van der Waals surface area contributed by atoms with Crippen molar-refractivity contribution in [2.45, 2.75) is 19.8 Å². The summed E-state index contributed by atoms with van der Waals surface area (Å²) in [5.41, 5.74) is 2.13. The van der Waals surface area contributed by atoms with Gasteiger partial charge < -0.3 is 5.32 Å². The highest BCUT2D eigenvalue weighted by Gasteiger charge is 2.12. The summed E-state index contributed by atoms with van der Waals surface area (Å²) >= 11 is 1.70. The molecular weight excluding hydrogens is 259 g/mol. The van der Waals surface area contributed by atoms with Crippen molar-refractivity contribution in [2.24, 2.45) is 5.92 Å². The maximum absolute atomic E-state index is 13.2. The highest BCUT2D eigenvalue weighted by molar-refractivity contribution is 7.09. The lowest BCUT2D eigenvalue weighted by atomic mass is 9.96. The fourth-order valence-corrected chi connectivity index (χ4v) is 3.13. The molecule has 0 radical (unpaired) electrons. The lowest BCUT2D eigenvalue weighted by molar-refractivity contribution is 0.490. The highest BCUT2D eigenvalue weighted by Crippen LogP contribution is 2.18. The van der Waals surface area contributed by atoms with Crippen molar-refractivity contribution in [1.82, 2.24) is 10.3 Å². The molecule has 102 valence electrons. The minimum absolute atomic E-state index is 0.161. The van der Waals surface area contributed by atoms with Crippen LogP contribution < -0.4 is 5.32 Å². The van der Waals surface area contributed by atoms with E-state index in [0.717, 1.165) is 35.7 Å². The van der Waals surface area contributed by atoms with Crippen molar-refractivity contribution in [3.05, 3.63) is 51.7 Å². The lowest BCUT2D eigenvalue weighted by Crippen LogP contribution is -2.22. The van der Waals surface area contributed by atoms with Crippen molar-refractivity contribution < 1.29 is 4.39 Å². The summed E-state index contributed by atoms with van der Waals surface area (Å²) in [6, 6.07) is 6.87. The minimum atomic E-state index is -0.161. The van der Waals surface area contributed by atoms with E-state index in [4.69, 9.17) is 0 Å². The Kier molecular flexibility index (Phi) is 5.05. The van der Waals surface area contributed by atoms with Crippen LogP contribution in [0.2, 0.25) is 0 Å². The number of nitrogens with one attached hydrogen (secondary N) is 1. The van der Waals surface area contributed by atoms with Crippen molar-refractivity contribution in [3.63, 3.8) is 0 Å². The van der Waals surface area contributed by atoms with Gasteiger partial charge in [0, 0.05) is 17.5 Å². The first-order valence-corrected chi connectivity index (χ1v) is 7.35. The van der Waals surface area contributed by atoms with Gasteiger partial charge in [0.25, 0.3) is 0 Å². The predicted octanol–water partition coefficient (Wildman–Crippen LogP) is 3.21. The van der Waals surface area contributed by atoms with E-state index in [1.807, 2.05) is 20.0 Å². The molecule has 1 aromatic heterocycles. The third-order valence-electron chi connectivity index (χ3n) is 3.04. The molecule has 2 rings (SSSR count). The predicted molar refractivity (Wildman–Crippen MR) is 78.1 cm³/mol. The fourth-order valence-electron chi connectivity index (χ4n) is 2.25. The van der Waals surface area contributed by atoms with Crippen molar-refractivity contribution in [1.29, 1.82) is 0 Å².